The highest BCUT2D eigenvalue weighted by Gasteiger charge is 2.22. The van der Waals surface area contributed by atoms with Crippen molar-refractivity contribution in [3.05, 3.63) is 72.1 Å². The maximum Gasteiger partial charge on any atom is 0.141 e. The fourth-order valence-electron chi connectivity index (χ4n) is 4.77. The Hall–Kier alpha value is -3.20. The van der Waals surface area contributed by atoms with Crippen molar-refractivity contribution < 1.29 is 0 Å². The molecule has 3 nitrogen and oxygen atoms in total. The number of hydrogen-bond donors (Lipinski definition) is 0. The number of fused-ring (bicyclic) bond motifs is 6. The Morgan fingerprint density at radius 2 is 1.37 bits per heavy atom. The Labute approximate surface area is 177 Å². The van der Waals surface area contributed by atoms with Crippen LogP contribution in [0.2, 0.25) is 0 Å². The molecule has 0 spiro atoms. The van der Waals surface area contributed by atoms with Gasteiger partial charge in [-0.15, -0.1) is 0 Å². The molecule has 5 rings (SSSR count). The van der Waals surface area contributed by atoms with Crippen LogP contribution in [0.25, 0.3) is 44.0 Å². The summed E-state index contributed by atoms with van der Waals surface area (Å²) in [6.45, 7) is 9.06. The van der Waals surface area contributed by atoms with Crippen LogP contribution < -0.4 is 0 Å². The van der Waals surface area contributed by atoms with E-state index in [9.17, 15) is 0 Å². The zero-order chi connectivity index (χ0) is 21.0. The van der Waals surface area contributed by atoms with Crippen LogP contribution in [0, 0.1) is 0 Å². The summed E-state index contributed by atoms with van der Waals surface area (Å²) in [5.74, 6) is 1.89. The van der Waals surface area contributed by atoms with Crippen LogP contribution in [0.1, 0.15) is 50.7 Å². The minimum absolute atomic E-state index is 0.425. The molecule has 0 fully saturated rings. The number of pyridine rings is 1. The maximum atomic E-state index is 5.28. The molecule has 0 aliphatic carbocycles. The molecule has 3 aromatic carbocycles. The molecule has 30 heavy (non-hydrogen) atoms. The summed E-state index contributed by atoms with van der Waals surface area (Å²) in [5.41, 5.74) is 6.19. The molecule has 0 N–H and O–H groups in total. The fourth-order valence-corrected chi connectivity index (χ4v) is 4.77. The third kappa shape index (κ3) is 2.65. The van der Waals surface area contributed by atoms with E-state index in [4.69, 9.17) is 4.98 Å². The summed E-state index contributed by atoms with van der Waals surface area (Å²) in [7, 11) is 2.15. The second-order valence-electron chi connectivity index (χ2n) is 8.78. The molecule has 0 bridgehead atoms. The third-order valence-corrected chi connectivity index (χ3v) is 6.24. The lowest BCUT2D eigenvalue weighted by Gasteiger charge is -2.19. The molecule has 0 saturated carbocycles. The molecule has 0 unspecified atom stereocenters. The smallest absolute Gasteiger partial charge is 0.141 e. The van der Waals surface area contributed by atoms with Gasteiger partial charge in [0.2, 0.25) is 0 Å². The van der Waals surface area contributed by atoms with Gasteiger partial charge in [-0.05, 0) is 39.8 Å². The molecule has 3 heteroatoms. The van der Waals surface area contributed by atoms with Crippen LogP contribution in [0.3, 0.4) is 0 Å². The standard InChI is InChI=1S/C27H27N3/c1-16(2)18-11-8-12-19(17(3)4)24(18)27-29-25-22-10-7-6-9-20(22)21-13-14-28-15-23(21)26(25)30(27)5/h6-17H,1-5H3. The van der Waals surface area contributed by atoms with Gasteiger partial charge in [-0.1, -0.05) is 70.2 Å². The van der Waals surface area contributed by atoms with Gasteiger partial charge in [0, 0.05) is 35.8 Å². The molecule has 150 valence electrons. The minimum Gasteiger partial charge on any atom is -0.327 e. The van der Waals surface area contributed by atoms with Gasteiger partial charge in [0.1, 0.15) is 5.82 Å². The number of aryl methyl sites for hydroxylation is 1. The molecule has 0 aliphatic rings. The average molecular weight is 394 g/mol. The van der Waals surface area contributed by atoms with Crippen molar-refractivity contribution >= 4 is 32.6 Å². The fraction of sp³-hybridized carbons (Fsp3) is 0.259. The van der Waals surface area contributed by atoms with E-state index in [1.165, 1.54) is 32.8 Å². The number of benzene rings is 3. The second-order valence-corrected chi connectivity index (χ2v) is 8.78. The SMILES string of the molecule is CC(C)c1cccc(C(C)C)c1-c1nc2c3ccccc3c3ccncc3c2n1C. The first-order chi connectivity index (χ1) is 14.5. The molecule has 0 amide bonds. The number of rotatable bonds is 3. The predicted octanol–water partition coefficient (Wildman–Crippen LogP) is 7.19. The third-order valence-electron chi connectivity index (χ3n) is 6.24. The van der Waals surface area contributed by atoms with Gasteiger partial charge in [0.05, 0.1) is 11.0 Å². The summed E-state index contributed by atoms with van der Waals surface area (Å²) in [5, 5.41) is 4.80. The minimum atomic E-state index is 0.425. The van der Waals surface area contributed by atoms with Crippen LogP contribution in [0.4, 0.5) is 0 Å². The van der Waals surface area contributed by atoms with Crippen molar-refractivity contribution in [1.29, 1.82) is 0 Å². The lowest BCUT2D eigenvalue weighted by Crippen LogP contribution is -2.04. The van der Waals surface area contributed by atoms with Gasteiger partial charge >= 0.3 is 0 Å². The zero-order valence-corrected chi connectivity index (χ0v) is 18.3. The first kappa shape index (κ1) is 18.8. The van der Waals surface area contributed by atoms with Crippen LogP contribution in [0.5, 0.6) is 0 Å². The largest absolute Gasteiger partial charge is 0.327 e. The van der Waals surface area contributed by atoms with Crippen molar-refractivity contribution in [2.45, 2.75) is 39.5 Å². The normalized spacial score (nSPS) is 12.1. The summed E-state index contributed by atoms with van der Waals surface area (Å²) < 4.78 is 2.28. The Balaban J connectivity index is 1.99. The summed E-state index contributed by atoms with van der Waals surface area (Å²) in [6, 6.07) is 17.4. The van der Waals surface area contributed by atoms with Gasteiger partial charge in [0.15, 0.2) is 0 Å². The van der Waals surface area contributed by atoms with Gasteiger partial charge in [-0.3, -0.25) is 4.98 Å². The second kappa shape index (κ2) is 6.94. The molecule has 0 radical (unpaired) electrons. The number of nitrogens with zero attached hydrogens (tertiary/aromatic N) is 3. The summed E-state index contributed by atoms with van der Waals surface area (Å²) >= 11 is 0. The van der Waals surface area contributed by atoms with E-state index in [0.29, 0.717) is 11.8 Å². The predicted molar refractivity (Wildman–Crippen MR) is 127 cm³/mol. The van der Waals surface area contributed by atoms with Gasteiger partial charge in [0.25, 0.3) is 0 Å². The zero-order valence-electron chi connectivity index (χ0n) is 18.3. The Kier molecular flexibility index (Phi) is 4.35. The van der Waals surface area contributed by atoms with Crippen molar-refractivity contribution in [2.24, 2.45) is 7.05 Å². The van der Waals surface area contributed by atoms with E-state index in [-0.39, 0.29) is 0 Å². The highest BCUT2D eigenvalue weighted by Crippen LogP contribution is 2.40. The van der Waals surface area contributed by atoms with Crippen molar-refractivity contribution in [2.75, 3.05) is 0 Å². The van der Waals surface area contributed by atoms with E-state index in [1.807, 2.05) is 12.4 Å². The quantitative estimate of drug-likeness (QED) is 0.304. The molecule has 2 heterocycles. The van der Waals surface area contributed by atoms with Crippen molar-refractivity contribution in [3.63, 3.8) is 0 Å². The van der Waals surface area contributed by atoms with Gasteiger partial charge in [-0.2, -0.15) is 0 Å². The van der Waals surface area contributed by atoms with Crippen LogP contribution >= 0.6 is 0 Å². The summed E-state index contributed by atoms with van der Waals surface area (Å²) in [6.07, 6.45) is 3.86. The number of hydrogen-bond acceptors (Lipinski definition) is 2. The lowest BCUT2D eigenvalue weighted by atomic mass is 9.88. The monoisotopic (exact) mass is 393 g/mol. The molecule has 0 aliphatic heterocycles. The van der Waals surface area contributed by atoms with E-state index in [2.05, 4.69) is 92.8 Å². The highest BCUT2D eigenvalue weighted by atomic mass is 15.1. The Morgan fingerprint density at radius 3 is 2.03 bits per heavy atom. The highest BCUT2D eigenvalue weighted by molar-refractivity contribution is 6.23. The van der Waals surface area contributed by atoms with Crippen LogP contribution in [0.15, 0.2) is 60.9 Å². The first-order valence-corrected chi connectivity index (χ1v) is 10.7. The summed E-state index contributed by atoms with van der Waals surface area (Å²) in [4.78, 5) is 9.73. The molecular formula is C27H27N3. The average Bonchev–Trinajstić information content (AvgIpc) is 3.10. The molecular weight excluding hydrogens is 366 g/mol. The van der Waals surface area contributed by atoms with E-state index in [1.54, 1.807) is 0 Å². The lowest BCUT2D eigenvalue weighted by molar-refractivity contribution is 0.828. The molecule has 5 aromatic rings. The van der Waals surface area contributed by atoms with Crippen LogP contribution in [-0.4, -0.2) is 14.5 Å². The van der Waals surface area contributed by atoms with Crippen molar-refractivity contribution in [3.8, 4) is 11.4 Å². The Morgan fingerprint density at radius 1 is 0.733 bits per heavy atom. The Bertz CT molecular complexity index is 1380. The number of aromatic nitrogens is 3. The van der Waals surface area contributed by atoms with Gasteiger partial charge < -0.3 is 4.57 Å². The van der Waals surface area contributed by atoms with E-state index >= 15 is 0 Å². The molecule has 0 atom stereocenters. The maximum absolute atomic E-state index is 5.28. The number of imidazole rings is 1. The van der Waals surface area contributed by atoms with E-state index in [0.717, 1.165) is 22.2 Å². The molecule has 0 saturated heterocycles. The molecule has 2 aromatic heterocycles. The van der Waals surface area contributed by atoms with Crippen molar-refractivity contribution in [1.82, 2.24) is 14.5 Å². The van der Waals surface area contributed by atoms with Crippen LogP contribution in [-0.2, 0) is 7.05 Å². The van der Waals surface area contributed by atoms with Gasteiger partial charge in [-0.25, -0.2) is 4.98 Å². The topological polar surface area (TPSA) is 30.7 Å². The van der Waals surface area contributed by atoms with E-state index < -0.39 is 0 Å². The first-order valence-electron chi connectivity index (χ1n) is 10.7.